The number of carbonyl (C=O) groups is 1. The zero-order valence-corrected chi connectivity index (χ0v) is 15.5. The van der Waals surface area contributed by atoms with Gasteiger partial charge in [-0.25, -0.2) is 0 Å². The van der Waals surface area contributed by atoms with Crippen molar-refractivity contribution in [1.82, 2.24) is 15.5 Å². The molecule has 0 aliphatic heterocycles. The van der Waals surface area contributed by atoms with E-state index in [0.29, 0.717) is 23.9 Å². The van der Waals surface area contributed by atoms with Gasteiger partial charge in [0.15, 0.2) is 5.69 Å². The molecule has 0 bridgehead atoms. The Hall–Kier alpha value is -3.12. The van der Waals surface area contributed by atoms with Crippen LogP contribution < -0.4 is 15.4 Å². The SMILES string of the molecule is COc1ccc(CNc2ccc(C(=O)NCc3ccccc3Cl)nn2)cc1. The molecule has 27 heavy (non-hydrogen) atoms. The number of carbonyl (C=O) groups excluding carboxylic acids is 1. The van der Waals surface area contributed by atoms with Gasteiger partial charge in [0, 0.05) is 18.1 Å². The number of halogens is 1. The number of anilines is 1. The number of methoxy groups -OCH3 is 1. The molecule has 2 aromatic carbocycles. The normalized spacial score (nSPS) is 10.3. The molecule has 1 amide bonds. The second-order valence-corrected chi connectivity index (χ2v) is 6.19. The number of aromatic nitrogens is 2. The molecule has 0 saturated carbocycles. The lowest BCUT2D eigenvalue weighted by molar-refractivity contribution is 0.0945. The number of nitrogens with one attached hydrogen (secondary N) is 2. The highest BCUT2D eigenvalue weighted by Gasteiger charge is 2.09. The van der Waals surface area contributed by atoms with Gasteiger partial charge in [-0.3, -0.25) is 4.79 Å². The fourth-order valence-corrected chi connectivity index (χ4v) is 2.59. The van der Waals surface area contributed by atoms with Gasteiger partial charge in [0.2, 0.25) is 0 Å². The van der Waals surface area contributed by atoms with Crippen molar-refractivity contribution in [1.29, 1.82) is 0 Å². The van der Waals surface area contributed by atoms with Gasteiger partial charge in [-0.05, 0) is 41.5 Å². The van der Waals surface area contributed by atoms with Crippen molar-refractivity contribution in [2.45, 2.75) is 13.1 Å². The Morgan fingerprint density at radius 3 is 2.44 bits per heavy atom. The van der Waals surface area contributed by atoms with Crippen LogP contribution in [0.1, 0.15) is 21.6 Å². The van der Waals surface area contributed by atoms with Crippen LogP contribution in [0, 0.1) is 0 Å². The van der Waals surface area contributed by atoms with Gasteiger partial charge in [-0.1, -0.05) is 41.9 Å². The molecular formula is C20H19ClN4O2. The van der Waals surface area contributed by atoms with Crippen LogP contribution in [0.15, 0.2) is 60.7 Å². The van der Waals surface area contributed by atoms with Crippen molar-refractivity contribution in [3.05, 3.63) is 82.5 Å². The zero-order chi connectivity index (χ0) is 19.1. The second-order valence-electron chi connectivity index (χ2n) is 5.78. The largest absolute Gasteiger partial charge is 0.497 e. The number of rotatable bonds is 7. The molecule has 0 aliphatic carbocycles. The second kappa shape index (κ2) is 9.00. The van der Waals surface area contributed by atoms with Gasteiger partial charge >= 0.3 is 0 Å². The Bertz CT molecular complexity index is 899. The van der Waals surface area contributed by atoms with Gasteiger partial charge in [-0.2, -0.15) is 0 Å². The molecule has 0 unspecified atom stereocenters. The van der Waals surface area contributed by atoms with Crippen LogP contribution in [0.25, 0.3) is 0 Å². The minimum Gasteiger partial charge on any atom is -0.497 e. The molecule has 0 atom stereocenters. The average Bonchev–Trinajstić information content (AvgIpc) is 2.72. The van der Waals surface area contributed by atoms with E-state index in [1.807, 2.05) is 42.5 Å². The van der Waals surface area contributed by atoms with Gasteiger partial charge in [0.25, 0.3) is 5.91 Å². The monoisotopic (exact) mass is 382 g/mol. The maximum Gasteiger partial charge on any atom is 0.272 e. The minimum atomic E-state index is -0.302. The first-order chi connectivity index (χ1) is 13.2. The average molecular weight is 383 g/mol. The highest BCUT2D eigenvalue weighted by molar-refractivity contribution is 6.31. The van der Waals surface area contributed by atoms with E-state index >= 15 is 0 Å². The number of benzene rings is 2. The first-order valence-corrected chi connectivity index (χ1v) is 8.75. The van der Waals surface area contributed by atoms with E-state index in [2.05, 4.69) is 20.8 Å². The van der Waals surface area contributed by atoms with E-state index in [9.17, 15) is 4.79 Å². The Balaban J connectivity index is 1.53. The topological polar surface area (TPSA) is 76.1 Å². The molecule has 3 rings (SSSR count). The van der Waals surface area contributed by atoms with Crippen molar-refractivity contribution < 1.29 is 9.53 Å². The molecule has 0 radical (unpaired) electrons. The number of hydrogen-bond donors (Lipinski definition) is 2. The molecule has 0 fully saturated rings. The van der Waals surface area contributed by atoms with Crippen LogP contribution in [-0.4, -0.2) is 23.2 Å². The quantitative estimate of drug-likeness (QED) is 0.651. The summed E-state index contributed by atoms with van der Waals surface area (Å²) in [5.41, 5.74) is 2.18. The van der Waals surface area contributed by atoms with Crippen LogP contribution in [0.3, 0.4) is 0 Å². The summed E-state index contributed by atoms with van der Waals surface area (Å²) in [6.45, 7) is 0.925. The third kappa shape index (κ3) is 5.18. The van der Waals surface area contributed by atoms with Crippen LogP contribution in [-0.2, 0) is 13.1 Å². The highest BCUT2D eigenvalue weighted by Crippen LogP contribution is 2.15. The summed E-state index contributed by atoms with van der Waals surface area (Å²) < 4.78 is 5.13. The van der Waals surface area contributed by atoms with Crippen LogP contribution >= 0.6 is 11.6 Å². The summed E-state index contributed by atoms with van der Waals surface area (Å²) in [6, 6.07) is 18.4. The third-order valence-electron chi connectivity index (χ3n) is 3.93. The Labute approximate surface area is 162 Å². The van der Waals surface area contributed by atoms with E-state index < -0.39 is 0 Å². The molecule has 0 saturated heterocycles. The summed E-state index contributed by atoms with van der Waals surface area (Å²) in [5.74, 6) is 1.10. The standard InChI is InChI=1S/C20H19ClN4O2/c1-27-16-8-6-14(7-9-16)12-22-19-11-10-18(24-25-19)20(26)23-13-15-4-2-3-5-17(15)21/h2-11H,12-13H2,1H3,(H,22,25)(H,23,26). The van der Waals surface area contributed by atoms with Gasteiger partial charge in [-0.15, -0.1) is 10.2 Å². The highest BCUT2D eigenvalue weighted by atomic mass is 35.5. The number of amides is 1. The van der Waals surface area contributed by atoms with E-state index in [4.69, 9.17) is 16.3 Å². The summed E-state index contributed by atoms with van der Waals surface area (Å²) in [4.78, 5) is 12.2. The molecule has 1 aromatic heterocycles. The van der Waals surface area contributed by atoms with Gasteiger partial charge in [0.05, 0.1) is 7.11 Å². The zero-order valence-electron chi connectivity index (χ0n) is 14.8. The molecule has 138 valence electrons. The van der Waals surface area contributed by atoms with Crippen molar-refractivity contribution >= 4 is 23.3 Å². The van der Waals surface area contributed by atoms with Crippen LogP contribution in [0.4, 0.5) is 5.82 Å². The van der Waals surface area contributed by atoms with E-state index in [1.165, 1.54) is 0 Å². The molecule has 3 aromatic rings. The summed E-state index contributed by atoms with van der Waals surface area (Å²) in [7, 11) is 1.63. The van der Waals surface area contributed by atoms with Crippen LogP contribution in [0.2, 0.25) is 5.02 Å². The summed E-state index contributed by atoms with van der Waals surface area (Å²) in [5, 5.41) is 14.6. The maximum absolute atomic E-state index is 12.2. The number of nitrogens with zero attached hydrogens (tertiary/aromatic N) is 2. The van der Waals surface area contributed by atoms with Crippen molar-refractivity contribution in [3.63, 3.8) is 0 Å². The predicted molar refractivity (Wildman–Crippen MR) is 105 cm³/mol. The van der Waals surface area contributed by atoms with Crippen LogP contribution in [0.5, 0.6) is 5.75 Å². The third-order valence-corrected chi connectivity index (χ3v) is 4.30. The Kier molecular flexibility index (Phi) is 6.22. The van der Waals surface area contributed by atoms with Crippen molar-refractivity contribution in [2.75, 3.05) is 12.4 Å². The van der Waals surface area contributed by atoms with Crippen molar-refractivity contribution in [3.8, 4) is 5.75 Å². The molecule has 2 N–H and O–H groups in total. The Morgan fingerprint density at radius 1 is 1.00 bits per heavy atom. The summed E-state index contributed by atoms with van der Waals surface area (Å²) in [6.07, 6.45) is 0. The summed E-state index contributed by atoms with van der Waals surface area (Å²) >= 11 is 6.08. The smallest absolute Gasteiger partial charge is 0.272 e. The first kappa shape index (κ1) is 18.7. The molecular weight excluding hydrogens is 364 g/mol. The predicted octanol–water partition coefficient (Wildman–Crippen LogP) is 3.68. The fraction of sp³-hybridized carbons (Fsp3) is 0.150. The molecule has 0 aliphatic rings. The van der Waals surface area contributed by atoms with Gasteiger partial charge in [0.1, 0.15) is 11.6 Å². The lowest BCUT2D eigenvalue weighted by Gasteiger charge is -2.08. The number of hydrogen-bond acceptors (Lipinski definition) is 5. The van der Waals surface area contributed by atoms with E-state index in [1.54, 1.807) is 25.3 Å². The minimum absolute atomic E-state index is 0.247. The van der Waals surface area contributed by atoms with E-state index in [-0.39, 0.29) is 11.6 Å². The van der Waals surface area contributed by atoms with E-state index in [0.717, 1.165) is 16.9 Å². The Morgan fingerprint density at radius 2 is 1.78 bits per heavy atom. The number of ether oxygens (including phenoxy) is 1. The first-order valence-electron chi connectivity index (χ1n) is 8.38. The molecule has 0 spiro atoms. The van der Waals surface area contributed by atoms with Crippen molar-refractivity contribution in [2.24, 2.45) is 0 Å². The lowest BCUT2D eigenvalue weighted by Crippen LogP contribution is -2.24. The lowest BCUT2D eigenvalue weighted by atomic mass is 10.2. The maximum atomic E-state index is 12.2. The molecule has 6 nitrogen and oxygen atoms in total. The molecule has 1 heterocycles. The fourth-order valence-electron chi connectivity index (χ4n) is 2.39. The molecule has 7 heteroatoms. The van der Waals surface area contributed by atoms with Gasteiger partial charge < -0.3 is 15.4 Å².